The molecule has 0 aliphatic rings. The van der Waals surface area contributed by atoms with Gasteiger partial charge in [-0.2, -0.15) is 0 Å². The summed E-state index contributed by atoms with van der Waals surface area (Å²) < 4.78 is 1.24. The van der Waals surface area contributed by atoms with E-state index in [9.17, 15) is 0 Å². The number of rotatable bonds is 10. The predicted molar refractivity (Wildman–Crippen MR) is 330 cm³/mol. The molecule has 0 atom stereocenters. The van der Waals surface area contributed by atoms with Crippen molar-refractivity contribution in [3.63, 3.8) is 0 Å². The molecule has 3 nitrogen and oxygen atoms in total. The summed E-state index contributed by atoms with van der Waals surface area (Å²) in [4.78, 5) is 7.16. The lowest BCUT2D eigenvalue weighted by Gasteiger charge is -2.33. The normalized spacial score (nSPS) is 12.5. The van der Waals surface area contributed by atoms with E-state index in [0.717, 1.165) is 62.3 Å². The van der Waals surface area contributed by atoms with Crippen molar-refractivity contribution in [3.8, 4) is 11.1 Å². The first kappa shape index (κ1) is 53.2. The number of hydrogen-bond donors (Lipinski definition) is 0. The van der Waals surface area contributed by atoms with Gasteiger partial charge in [0.1, 0.15) is 0 Å². The van der Waals surface area contributed by atoms with Gasteiger partial charge in [-0.25, -0.2) is 0 Å². The fourth-order valence-corrected chi connectivity index (χ4v) is 11.1. The maximum absolute atomic E-state index is 8.16. The van der Waals surface area contributed by atoms with Gasteiger partial charge in [-0.1, -0.05) is 213 Å². The maximum atomic E-state index is 8.16. The molecule has 8 aromatic carbocycles. The zero-order valence-corrected chi connectivity index (χ0v) is 48.6. The molecule has 0 bridgehead atoms. The number of halogens is 1. The van der Waals surface area contributed by atoms with E-state index in [-0.39, 0.29) is 27.1 Å². The van der Waals surface area contributed by atoms with Crippen LogP contribution in [0.25, 0.3) is 21.2 Å². The lowest BCUT2D eigenvalue weighted by molar-refractivity contribution is 0.590. The minimum Gasteiger partial charge on any atom is -0.310 e. The summed E-state index contributed by atoms with van der Waals surface area (Å²) in [5.41, 5.74) is 17.7. The van der Waals surface area contributed by atoms with Crippen molar-refractivity contribution in [2.75, 3.05) is 14.7 Å². The van der Waals surface area contributed by atoms with Crippen molar-refractivity contribution >= 4 is 84.2 Å². The van der Waals surface area contributed by atoms with Gasteiger partial charge in [0.05, 0.1) is 27.8 Å². The highest BCUT2D eigenvalue weighted by Gasteiger charge is 2.28. The van der Waals surface area contributed by atoms with E-state index >= 15 is 0 Å². The Morgan fingerprint density at radius 2 is 0.693 bits per heavy atom. The van der Waals surface area contributed by atoms with Crippen LogP contribution in [0.5, 0.6) is 0 Å². The molecule has 0 saturated heterocycles. The third kappa shape index (κ3) is 11.2. The monoisotopic (exact) mass is 1030 g/mol. The highest BCUT2D eigenvalue weighted by Crippen LogP contribution is 2.52. The molecule has 0 saturated carbocycles. The summed E-state index contributed by atoms with van der Waals surface area (Å²) in [7, 11) is 0. The molecule has 0 N–H and O–H groups in total. The van der Waals surface area contributed by atoms with Gasteiger partial charge >= 0.3 is 0 Å². The highest BCUT2D eigenvalue weighted by atomic mass is 35.5. The third-order valence-electron chi connectivity index (χ3n) is 14.6. The summed E-state index contributed by atoms with van der Waals surface area (Å²) in [6.07, 6.45) is 0. The van der Waals surface area contributed by atoms with Crippen LogP contribution in [0, 0.1) is 0 Å². The molecule has 75 heavy (non-hydrogen) atoms. The number of hydrogen-bond acceptors (Lipinski definition) is 4. The van der Waals surface area contributed by atoms with Crippen LogP contribution in [0.15, 0.2) is 187 Å². The van der Waals surface area contributed by atoms with E-state index < -0.39 is 0 Å². The Morgan fingerprint density at radius 3 is 1.12 bits per heavy atom. The zero-order valence-electron chi connectivity index (χ0n) is 47.0. The smallest absolute Gasteiger partial charge is 0.0887 e. The quantitative estimate of drug-likeness (QED) is 0.135. The molecule has 1 aromatic heterocycles. The largest absolute Gasteiger partial charge is 0.310 e. The van der Waals surface area contributed by atoms with Gasteiger partial charge in [-0.15, -0.1) is 11.3 Å². The van der Waals surface area contributed by atoms with Crippen molar-refractivity contribution < 1.29 is 0 Å². The van der Waals surface area contributed by atoms with Crippen LogP contribution in [0.3, 0.4) is 0 Å². The Hall–Kier alpha value is -6.59. The number of nitrogens with zero attached hydrogens (tertiary/aromatic N) is 3. The molecule has 0 unspecified atom stereocenters. The molecule has 9 rings (SSSR count). The molecule has 0 aliphatic heterocycles. The number of fused-ring (bicyclic) bond motifs is 1. The average Bonchev–Trinajstić information content (AvgIpc) is 3.78. The van der Waals surface area contributed by atoms with Gasteiger partial charge in [0, 0.05) is 49.5 Å². The number of benzene rings is 8. The van der Waals surface area contributed by atoms with Crippen LogP contribution in [0.2, 0.25) is 5.02 Å². The molecular formula is C70H76ClN3S. The first-order valence-corrected chi connectivity index (χ1v) is 27.9. The molecule has 9 aromatic rings. The Labute approximate surface area is 458 Å². The van der Waals surface area contributed by atoms with Crippen LogP contribution in [0.4, 0.5) is 51.2 Å². The minimum absolute atomic E-state index is 0.00102. The zero-order chi connectivity index (χ0) is 53.8. The lowest BCUT2D eigenvalue weighted by Crippen LogP contribution is -2.17. The van der Waals surface area contributed by atoms with Crippen LogP contribution >= 0.6 is 22.9 Å². The van der Waals surface area contributed by atoms with Crippen molar-refractivity contribution in [2.45, 2.75) is 131 Å². The van der Waals surface area contributed by atoms with Crippen LogP contribution < -0.4 is 14.7 Å². The molecule has 5 heteroatoms. The maximum Gasteiger partial charge on any atom is 0.0887 e. The minimum atomic E-state index is -0.0315. The van der Waals surface area contributed by atoms with Gasteiger partial charge in [0.25, 0.3) is 0 Å². The SMILES string of the molecule is CC(C)(C)c1ccc(N(c2ccc(C(C)(C)C)cc2)c2cc(N(c3ccc(C(C)(C)C)cc3)c3cccc(N(c4ccc(C(C)(C)C)cc4)c4csc5ccc(C(C)(C)C)cc45)c3Cl)ccc2-c2ccccc2)cc1. The molecule has 0 spiro atoms. The van der Waals surface area contributed by atoms with Gasteiger partial charge in [-0.3, -0.25) is 0 Å². The standard InChI is InChI=1S/C70H76ClN3S/c1-66(2,3)48-24-33-53(34-25-48)72(54-35-26-49(27-36-54)67(4,5)6)62-45-57(41-42-58(62)47-20-17-16-18-21-47)73(55-37-28-50(29-38-55)68(7,8)9)60-22-19-23-61(65(60)71)74(56-39-30-51(31-40-56)69(10,11)12)63-46-75-64-43-32-52(44-59(63)64)70(13,14)15/h16-46H,1-15H3. The molecule has 0 amide bonds. The Kier molecular flexibility index (Phi) is 14.3. The topological polar surface area (TPSA) is 9.72 Å². The molecule has 0 fully saturated rings. The highest BCUT2D eigenvalue weighted by molar-refractivity contribution is 7.17. The second-order valence-electron chi connectivity index (χ2n) is 25.5. The van der Waals surface area contributed by atoms with Gasteiger partial charge in [0.15, 0.2) is 0 Å². The van der Waals surface area contributed by atoms with Crippen LogP contribution in [0.1, 0.15) is 132 Å². The average molecular weight is 1030 g/mol. The lowest BCUT2D eigenvalue weighted by atomic mass is 9.86. The van der Waals surface area contributed by atoms with Crippen LogP contribution in [-0.4, -0.2) is 0 Å². The fourth-order valence-electron chi connectivity index (χ4n) is 9.92. The summed E-state index contributed by atoms with van der Waals surface area (Å²) in [5, 5.41) is 4.15. The Morgan fingerprint density at radius 1 is 0.320 bits per heavy atom. The van der Waals surface area contributed by atoms with Crippen molar-refractivity contribution in [3.05, 3.63) is 220 Å². The van der Waals surface area contributed by atoms with Crippen molar-refractivity contribution in [1.29, 1.82) is 0 Å². The van der Waals surface area contributed by atoms with Gasteiger partial charge < -0.3 is 14.7 Å². The first-order valence-electron chi connectivity index (χ1n) is 26.6. The van der Waals surface area contributed by atoms with E-state index in [1.807, 2.05) is 0 Å². The fraction of sp³-hybridized carbons (Fsp3) is 0.286. The molecular weight excluding hydrogens is 950 g/mol. The summed E-state index contributed by atoms with van der Waals surface area (Å²) in [6.45, 7) is 34.1. The second-order valence-corrected chi connectivity index (χ2v) is 26.7. The summed E-state index contributed by atoms with van der Waals surface area (Å²) >= 11 is 9.94. The van der Waals surface area contributed by atoms with E-state index in [4.69, 9.17) is 11.6 Å². The summed E-state index contributed by atoms with van der Waals surface area (Å²) in [5.74, 6) is 0. The second kappa shape index (κ2) is 20.2. The third-order valence-corrected chi connectivity index (χ3v) is 16.0. The van der Waals surface area contributed by atoms with Gasteiger partial charge in [-0.05, 0) is 145 Å². The van der Waals surface area contributed by atoms with E-state index in [1.165, 1.54) is 37.9 Å². The Bertz CT molecular complexity index is 3370. The number of anilines is 9. The van der Waals surface area contributed by atoms with Crippen LogP contribution in [-0.2, 0) is 27.1 Å². The number of thiophene rings is 1. The van der Waals surface area contributed by atoms with E-state index in [2.05, 4.69) is 306 Å². The molecule has 1 heterocycles. The molecule has 0 aliphatic carbocycles. The van der Waals surface area contributed by atoms with E-state index in [1.54, 1.807) is 11.3 Å². The Balaban J connectivity index is 1.31. The molecule has 0 radical (unpaired) electrons. The first-order chi connectivity index (χ1) is 35.3. The van der Waals surface area contributed by atoms with Crippen molar-refractivity contribution in [1.82, 2.24) is 0 Å². The predicted octanol–water partition coefficient (Wildman–Crippen LogP) is 22.1. The van der Waals surface area contributed by atoms with E-state index in [0.29, 0.717) is 5.02 Å². The van der Waals surface area contributed by atoms with Crippen molar-refractivity contribution in [2.24, 2.45) is 0 Å². The van der Waals surface area contributed by atoms with Gasteiger partial charge in [0.2, 0.25) is 0 Å². The summed E-state index contributed by atoms with van der Waals surface area (Å²) in [6, 6.07) is 67.5. The molecule has 384 valence electrons.